The number of nitrogens with two attached hydrogens (primary N) is 1. The van der Waals surface area contributed by atoms with Crippen molar-refractivity contribution in [3.05, 3.63) is 16.1 Å². The number of aromatic nitrogens is 1. The second-order valence-electron chi connectivity index (χ2n) is 4.73. The minimum atomic E-state index is -0.519. The molecule has 0 aromatic carbocycles. The third-order valence-electron chi connectivity index (χ3n) is 3.36. The molecular formula is C13H17N3O4S. The number of primary amides is 1. The molecule has 0 unspecified atom stereocenters. The molecule has 2 rings (SSSR count). The molecule has 2 amide bonds. The van der Waals surface area contributed by atoms with E-state index in [9.17, 15) is 14.4 Å². The van der Waals surface area contributed by atoms with Gasteiger partial charge in [0.1, 0.15) is 5.69 Å². The highest BCUT2D eigenvalue weighted by Crippen LogP contribution is 2.20. The standard InChI is InChI=1S/C13H17N3O4S/c1-2-20-13(19)11-15-9(7-21-11)12(18)16-5-3-8(4-6-16)10(14)17/h7-8H,2-6H2,1H3,(H2,14,17). The Kier molecular flexibility index (Phi) is 4.89. The topological polar surface area (TPSA) is 103 Å². The van der Waals surface area contributed by atoms with Crippen LogP contribution in [0.25, 0.3) is 0 Å². The smallest absolute Gasteiger partial charge is 0.367 e. The van der Waals surface area contributed by atoms with E-state index < -0.39 is 5.97 Å². The van der Waals surface area contributed by atoms with Crippen molar-refractivity contribution in [2.24, 2.45) is 11.7 Å². The maximum absolute atomic E-state index is 12.3. The molecule has 2 N–H and O–H groups in total. The summed E-state index contributed by atoms with van der Waals surface area (Å²) >= 11 is 1.09. The summed E-state index contributed by atoms with van der Waals surface area (Å²) in [6.45, 7) is 2.92. The first-order valence-electron chi connectivity index (χ1n) is 6.74. The zero-order valence-corrected chi connectivity index (χ0v) is 12.5. The number of hydrogen-bond acceptors (Lipinski definition) is 6. The molecule has 114 valence electrons. The van der Waals surface area contributed by atoms with Crippen molar-refractivity contribution in [2.45, 2.75) is 19.8 Å². The van der Waals surface area contributed by atoms with E-state index in [4.69, 9.17) is 10.5 Å². The number of hydrogen-bond donors (Lipinski definition) is 1. The van der Waals surface area contributed by atoms with E-state index in [0.717, 1.165) is 11.3 Å². The number of carbonyl (C=O) groups excluding carboxylic acids is 3. The number of amides is 2. The first-order valence-corrected chi connectivity index (χ1v) is 7.62. The molecule has 1 aromatic heterocycles. The summed E-state index contributed by atoms with van der Waals surface area (Å²) in [4.78, 5) is 40.5. The quantitative estimate of drug-likeness (QED) is 0.823. The number of thiazole rings is 1. The van der Waals surface area contributed by atoms with E-state index in [-0.39, 0.29) is 35.0 Å². The van der Waals surface area contributed by atoms with Gasteiger partial charge in [-0.3, -0.25) is 9.59 Å². The molecule has 8 heteroatoms. The van der Waals surface area contributed by atoms with E-state index in [2.05, 4.69) is 4.98 Å². The minimum absolute atomic E-state index is 0.167. The van der Waals surface area contributed by atoms with Crippen LogP contribution in [0.3, 0.4) is 0 Å². The largest absolute Gasteiger partial charge is 0.461 e. The summed E-state index contributed by atoms with van der Waals surface area (Å²) < 4.78 is 4.84. The molecule has 7 nitrogen and oxygen atoms in total. The fourth-order valence-corrected chi connectivity index (χ4v) is 2.87. The van der Waals surface area contributed by atoms with Crippen LogP contribution < -0.4 is 5.73 Å². The van der Waals surface area contributed by atoms with Gasteiger partial charge in [-0.25, -0.2) is 9.78 Å². The zero-order chi connectivity index (χ0) is 15.4. The predicted octanol–water partition coefficient (Wildman–Crippen LogP) is 0.657. The molecule has 1 aliphatic heterocycles. The Labute approximate surface area is 126 Å². The Hall–Kier alpha value is -1.96. The third-order valence-corrected chi connectivity index (χ3v) is 4.18. The Balaban J connectivity index is 1.98. The van der Waals surface area contributed by atoms with E-state index in [1.807, 2.05) is 0 Å². The summed E-state index contributed by atoms with van der Waals surface area (Å²) in [6.07, 6.45) is 1.13. The maximum Gasteiger partial charge on any atom is 0.367 e. The van der Waals surface area contributed by atoms with Crippen molar-refractivity contribution in [3.8, 4) is 0 Å². The van der Waals surface area contributed by atoms with Crippen LogP contribution in [0, 0.1) is 5.92 Å². The van der Waals surface area contributed by atoms with Gasteiger partial charge >= 0.3 is 5.97 Å². The monoisotopic (exact) mass is 311 g/mol. The lowest BCUT2D eigenvalue weighted by molar-refractivity contribution is -0.123. The highest BCUT2D eigenvalue weighted by atomic mass is 32.1. The maximum atomic E-state index is 12.3. The lowest BCUT2D eigenvalue weighted by Crippen LogP contribution is -2.41. The molecule has 0 radical (unpaired) electrons. The van der Waals surface area contributed by atoms with Gasteiger partial charge in [0.2, 0.25) is 10.9 Å². The van der Waals surface area contributed by atoms with Crippen LogP contribution >= 0.6 is 11.3 Å². The van der Waals surface area contributed by atoms with Gasteiger partial charge < -0.3 is 15.4 Å². The highest BCUT2D eigenvalue weighted by Gasteiger charge is 2.28. The van der Waals surface area contributed by atoms with Crippen molar-refractivity contribution in [3.63, 3.8) is 0 Å². The van der Waals surface area contributed by atoms with Crippen molar-refractivity contribution >= 4 is 29.1 Å². The third kappa shape index (κ3) is 3.57. The Morgan fingerprint density at radius 3 is 2.67 bits per heavy atom. The number of piperidine rings is 1. The average Bonchev–Trinajstić information content (AvgIpc) is 2.96. The van der Waals surface area contributed by atoms with Crippen LogP contribution in [0.5, 0.6) is 0 Å². The molecule has 2 heterocycles. The van der Waals surface area contributed by atoms with Crippen molar-refractivity contribution in [1.82, 2.24) is 9.88 Å². The molecule has 0 saturated carbocycles. The molecule has 1 aliphatic rings. The van der Waals surface area contributed by atoms with E-state index in [0.29, 0.717) is 25.9 Å². The Bertz CT molecular complexity index is 549. The number of ether oxygens (including phenoxy) is 1. The summed E-state index contributed by atoms with van der Waals surface area (Å²) in [5.74, 6) is -1.24. The molecule has 1 aromatic rings. The van der Waals surface area contributed by atoms with Gasteiger partial charge in [0.25, 0.3) is 5.91 Å². The van der Waals surface area contributed by atoms with Crippen LogP contribution in [-0.4, -0.2) is 47.4 Å². The first kappa shape index (κ1) is 15.4. The lowest BCUT2D eigenvalue weighted by atomic mass is 9.96. The summed E-state index contributed by atoms with van der Waals surface area (Å²) in [5, 5.41) is 1.72. The zero-order valence-electron chi connectivity index (χ0n) is 11.7. The SMILES string of the molecule is CCOC(=O)c1nc(C(=O)N2CCC(C(N)=O)CC2)cs1. The highest BCUT2D eigenvalue weighted by molar-refractivity contribution is 7.11. The average molecular weight is 311 g/mol. The molecule has 0 spiro atoms. The number of nitrogens with zero attached hydrogens (tertiary/aromatic N) is 2. The van der Waals surface area contributed by atoms with Crippen molar-refractivity contribution in [2.75, 3.05) is 19.7 Å². The summed E-state index contributed by atoms with van der Waals surface area (Å²) in [5.41, 5.74) is 5.50. The molecule has 0 bridgehead atoms. The van der Waals surface area contributed by atoms with Gasteiger partial charge in [-0.05, 0) is 19.8 Å². The summed E-state index contributed by atoms with van der Waals surface area (Å²) in [6, 6.07) is 0. The molecule has 1 saturated heterocycles. The molecule has 21 heavy (non-hydrogen) atoms. The van der Waals surface area contributed by atoms with Gasteiger partial charge in [0, 0.05) is 24.4 Å². The van der Waals surface area contributed by atoms with Gasteiger partial charge in [-0.1, -0.05) is 0 Å². The van der Waals surface area contributed by atoms with Crippen LogP contribution in [0.4, 0.5) is 0 Å². The van der Waals surface area contributed by atoms with Gasteiger partial charge in [-0.2, -0.15) is 0 Å². The van der Waals surface area contributed by atoms with E-state index in [1.165, 1.54) is 0 Å². The Morgan fingerprint density at radius 2 is 2.10 bits per heavy atom. The number of esters is 1. The number of carbonyl (C=O) groups is 3. The predicted molar refractivity (Wildman–Crippen MR) is 75.9 cm³/mol. The normalized spacial score (nSPS) is 15.8. The number of rotatable bonds is 4. The molecule has 0 aliphatic carbocycles. The van der Waals surface area contributed by atoms with Crippen LogP contribution in [0.1, 0.15) is 40.1 Å². The fraction of sp³-hybridized carbons (Fsp3) is 0.538. The second kappa shape index (κ2) is 6.66. The van der Waals surface area contributed by atoms with E-state index in [1.54, 1.807) is 17.2 Å². The lowest BCUT2D eigenvalue weighted by Gasteiger charge is -2.30. The van der Waals surface area contributed by atoms with Gasteiger partial charge in [-0.15, -0.1) is 11.3 Å². The van der Waals surface area contributed by atoms with Crippen LogP contribution in [0.15, 0.2) is 5.38 Å². The van der Waals surface area contributed by atoms with Crippen molar-refractivity contribution < 1.29 is 19.1 Å². The Morgan fingerprint density at radius 1 is 1.43 bits per heavy atom. The molecule has 0 atom stereocenters. The minimum Gasteiger partial charge on any atom is -0.461 e. The molecule has 1 fully saturated rings. The fourth-order valence-electron chi connectivity index (χ4n) is 2.19. The van der Waals surface area contributed by atoms with Crippen LogP contribution in [0.2, 0.25) is 0 Å². The van der Waals surface area contributed by atoms with Crippen LogP contribution in [-0.2, 0) is 9.53 Å². The first-order chi connectivity index (χ1) is 10.0. The van der Waals surface area contributed by atoms with Gasteiger partial charge in [0.05, 0.1) is 6.61 Å². The second-order valence-corrected chi connectivity index (χ2v) is 5.59. The summed E-state index contributed by atoms with van der Waals surface area (Å²) in [7, 11) is 0. The molecular weight excluding hydrogens is 294 g/mol. The van der Waals surface area contributed by atoms with E-state index >= 15 is 0 Å². The van der Waals surface area contributed by atoms with Gasteiger partial charge in [0.15, 0.2) is 0 Å². The number of likely N-dealkylation sites (tertiary alicyclic amines) is 1. The van der Waals surface area contributed by atoms with Crippen molar-refractivity contribution in [1.29, 1.82) is 0 Å².